The highest BCUT2D eigenvalue weighted by Gasteiger charge is 2.03. The van der Waals surface area contributed by atoms with Crippen LogP contribution in [0.5, 0.6) is 0 Å². The largest absolute Gasteiger partial charge is 0.326 e. The molecular formula is C5H13N3. The minimum absolute atomic E-state index is 0.303. The van der Waals surface area contributed by atoms with E-state index in [0.29, 0.717) is 6.04 Å². The Morgan fingerprint density at radius 2 is 1.62 bits per heavy atom. The van der Waals surface area contributed by atoms with Crippen LogP contribution >= 0.6 is 0 Å². The molecule has 0 aromatic rings. The van der Waals surface area contributed by atoms with Crippen LogP contribution in [0.3, 0.4) is 0 Å². The number of hydrogen-bond acceptors (Lipinski definition) is 3. The van der Waals surface area contributed by atoms with Crippen molar-refractivity contribution in [3.05, 3.63) is 0 Å². The average Bonchev–Trinajstić information content (AvgIpc) is 1.94. The molecule has 1 rings (SSSR count). The summed E-state index contributed by atoms with van der Waals surface area (Å²) in [4.78, 5) is 0. The minimum atomic E-state index is 0.303. The van der Waals surface area contributed by atoms with Gasteiger partial charge in [0.15, 0.2) is 0 Å². The van der Waals surface area contributed by atoms with E-state index in [9.17, 15) is 0 Å². The number of rotatable bonds is 0. The Morgan fingerprint density at radius 3 is 2.12 bits per heavy atom. The monoisotopic (exact) mass is 115 g/mol. The second kappa shape index (κ2) is 3.02. The summed E-state index contributed by atoms with van der Waals surface area (Å²) < 4.78 is 0. The molecule has 8 heavy (non-hydrogen) atoms. The molecule has 1 fully saturated rings. The molecule has 4 N–H and O–H groups in total. The smallest absolute Gasteiger partial charge is 0.0292 e. The third-order valence-electron chi connectivity index (χ3n) is 1.29. The highest BCUT2D eigenvalue weighted by Crippen LogP contribution is 1.76. The summed E-state index contributed by atoms with van der Waals surface area (Å²) in [5, 5.41) is 6.42. The molecule has 0 spiro atoms. The maximum absolute atomic E-state index is 5.61. The lowest BCUT2D eigenvalue weighted by molar-refractivity contribution is 0.618. The first-order valence-corrected chi connectivity index (χ1v) is 3.06. The zero-order chi connectivity index (χ0) is 5.82. The van der Waals surface area contributed by atoms with E-state index in [1.807, 2.05) is 0 Å². The lowest BCUT2D eigenvalue weighted by Gasteiger charge is -2.04. The molecule has 48 valence electrons. The van der Waals surface area contributed by atoms with Gasteiger partial charge in [0.1, 0.15) is 0 Å². The fraction of sp³-hybridized carbons (Fsp3) is 1.00. The van der Waals surface area contributed by atoms with Gasteiger partial charge in [0.25, 0.3) is 0 Å². The van der Waals surface area contributed by atoms with E-state index < -0.39 is 0 Å². The Morgan fingerprint density at radius 1 is 1.12 bits per heavy atom. The summed E-state index contributed by atoms with van der Waals surface area (Å²) in [6.07, 6.45) is 0. The van der Waals surface area contributed by atoms with Crippen LogP contribution in [0, 0.1) is 0 Å². The molecule has 0 aliphatic carbocycles. The second-order valence-corrected chi connectivity index (χ2v) is 2.17. The van der Waals surface area contributed by atoms with Crippen LogP contribution in [0.25, 0.3) is 0 Å². The summed E-state index contributed by atoms with van der Waals surface area (Å²) in [7, 11) is 0. The summed E-state index contributed by atoms with van der Waals surface area (Å²) >= 11 is 0. The highest BCUT2D eigenvalue weighted by molar-refractivity contribution is 4.71. The van der Waals surface area contributed by atoms with Crippen molar-refractivity contribution in [2.24, 2.45) is 5.73 Å². The van der Waals surface area contributed by atoms with E-state index in [-0.39, 0.29) is 0 Å². The number of nitrogens with two attached hydrogens (primary N) is 1. The van der Waals surface area contributed by atoms with Gasteiger partial charge in [-0.05, 0) is 0 Å². The zero-order valence-electron chi connectivity index (χ0n) is 4.98. The molecule has 0 aromatic carbocycles. The van der Waals surface area contributed by atoms with Crippen molar-refractivity contribution in [1.29, 1.82) is 0 Å². The molecule has 1 saturated heterocycles. The molecular weight excluding hydrogens is 102 g/mol. The SMILES string of the molecule is NC1CNCCNC1. The molecule has 3 heteroatoms. The van der Waals surface area contributed by atoms with Crippen LogP contribution in [0.2, 0.25) is 0 Å². The van der Waals surface area contributed by atoms with E-state index in [2.05, 4.69) is 10.6 Å². The molecule has 1 aliphatic heterocycles. The normalized spacial score (nSPS) is 25.1. The summed E-state index contributed by atoms with van der Waals surface area (Å²) in [6, 6.07) is 0.303. The van der Waals surface area contributed by atoms with Crippen molar-refractivity contribution in [1.82, 2.24) is 10.6 Å². The van der Waals surface area contributed by atoms with Crippen molar-refractivity contribution >= 4 is 0 Å². The first-order chi connectivity index (χ1) is 3.89. The van der Waals surface area contributed by atoms with Crippen LogP contribution in [0.4, 0.5) is 0 Å². The maximum atomic E-state index is 5.61. The standard InChI is InChI=1S/C5H13N3/c6-5-3-7-1-2-8-4-5/h5,7-8H,1-4,6H2. The first kappa shape index (κ1) is 6.01. The molecule has 0 radical (unpaired) electrons. The fourth-order valence-electron chi connectivity index (χ4n) is 0.824. The van der Waals surface area contributed by atoms with E-state index in [1.54, 1.807) is 0 Å². The van der Waals surface area contributed by atoms with Crippen LogP contribution in [-0.4, -0.2) is 32.2 Å². The Labute approximate surface area is 49.6 Å². The zero-order valence-corrected chi connectivity index (χ0v) is 4.98. The summed E-state index contributed by atoms with van der Waals surface area (Å²) in [5.74, 6) is 0. The van der Waals surface area contributed by atoms with E-state index in [4.69, 9.17) is 5.73 Å². The molecule has 0 saturated carbocycles. The summed E-state index contributed by atoms with van der Waals surface area (Å²) in [6.45, 7) is 4.00. The predicted molar refractivity (Wildman–Crippen MR) is 33.7 cm³/mol. The number of nitrogens with one attached hydrogen (secondary N) is 2. The minimum Gasteiger partial charge on any atom is -0.326 e. The molecule has 1 heterocycles. The van der Waals surface area contributed by atoms with Gasteiger partial charge in [-0.25, -0.2) is 0 Å². The quantitative estimate of drug-likeness (QED) is 0.360. The van der Waals surface area contributed by atoms with Crippen molar-refractivity contribution in [3.8, 4) is 0 Å². The van der Waals surface area contributed by atoms with Crippen LogP contribution in [0.15, 0.2) is 0 Å². The van der Waals surface area contributed by atoms with Crippen molar-refractivity contribution in [2.75, 3.05) is 26.2 Å². The van der Waals surface area contributed by atoms with Gasteiger partial charge >= 0.3 is 0 Å². The molecule has 0 amide bonds. The first-order valence-electron chi connectivity index (χ1n) is 3.06. The van der Waals surface area contributed by atoms with Crippen molar-refractivity contribution in [3.63, 3.8) is 0 Å². The molecule has 0 aromatic heterocycles. The van der Waals surface area contributed by atoms with E-state index >= 15 is 0 Å². The predicted octanol–water partition coefficient (Wildman–Crippen LogP) is -1.49. The van der Waals surface area contributed by atoms with Gasteiger partial charge in [-0.2, -0.15) is 0 Å². The van der Waals surface area contributed by atoms with Gasteiger partial charge in [0, 0.05) is 32.2 Å². The van der Waals surface area contributed by atoms with Crippen molar-refractivity contribution in [2.45, 2.75) is 6.04 Å². The Bertz CT molecular complexity index is 56.7. The molecule has 3 nitrogen and oxygen atoms in total. The van der Waals surface area contributed by atoms with Crippen LogP contribution in [-0.2, 0) is 0 Å². The fourth-order valence-corrected chi connectivity index (χ4v) is 0.824. The molecule has 0 unspecified atom stereocenters. The lowest BCUT2D eigenvalue weighted by atomic mass is 10.3. The second-order valence-electron chi connectivity index (χ2n) is 2.17. The third kappa shape index (κ3) is 1.78. The van der Waals surface area contributed by atoms with Gasteiger partial charge in [0.2, 0.25) is 0 Å². The molecule has 0 bridgehead atoms. The van der Waals surface area contributed by atoms with Crippen molar-refractivity contribution < 1.29 is 0 Å². The van der Waals surface area contributed by atoms with Gasteiger partial charge in [-0.3, -0.25) is 0 Å². The van der Waals surface area contributed by atoms with Crippen LogP contribution in [0.1, 0.15) is 0 Å². The summed E-state index contributed by atoms with van der Waals surface area (Å²) in [5.41, 5.74) is 5.61. The van der Waals surface area contributed by atoms with E-state index in [0.717, 1.165) is 26.2 Å². The Kier molecular flexibility index (Phi) is 2.27. The lowest BCUT2D eigenvalue weighted by Crippen LogP contribution is -2.36. The maximum Gasteiger partial charge on any atom is 0.0292 e. The Hall–Kier alpha value is -0.120. The van der Waals surface area contributed by atoms with Gasteiger partial charge in [-0.1, -0.05) is 0 Å². The number of hydrogen-bond donors (Lipinski definition) is 3. The van der Waals surface area contributed by atoms with Gasteiger partial charge < -0.3 is 16.4 Å². The molecule has 1 aliphatic rings. The van der Waals surface area contributed by atoms with Gasteiger partial charge in [-0.15, -0.1) is 0 Å². The highest BCUT2D eigenvalue weighted by atomic mass is 15.0. The molecule has 0 atom stereocenters. The topological polar surface area (TPSA) is 50.1 Å². The average molecular weight is 115 g/mol. The van der Waals surface area contributed by atoms with E-state index in [1.165, 1.54) is 0 Å². The Balaban J connectivity index is 2.17. The van der Waals surface area contributed by atoms with Crippen LogP contribution < -0.4 is 16.4 Å². The third-order valence-corrected chi connectivity index (χ3v) is 1.29. The van der Waals surface area contributed by atoms with Gasteiger partial charge in [0.05, 0.1) is 0 Å².